The smallest absolute Gasteiger partial charge is 0.207 e. The summed E-state index contributed by atoms with van der Waals surface area (Å²) in [5.74, 6) is -1.73. The number of rotatable bonds is 1. The van der Waals surface area contributed by atoms with Crippen LogP contribution in [0.5, 0.6) is 0 Å². The van der Waals surface area contributed by atoms with Gasteiger partial charge in [-0.2, -0.15) is 13.2 Å². The summed E-state index contributed by atoms with van der Waals surface area (Å²) in [7, 11) is 0. The highest BCUT2D eigenvalue weighted by Crippen LogP contribution is 2.39. The number of hydrogen-bond donors (Lipinski definition) is 0. The zero-order chi connectivity index (χ0) is 15.1. The van der Waals surface area contributed by atoms with E-state index in [1.54, 1.807) is 0 Å². The van der Waals surface area contributed by atoms with Gasteiger partial charge in [0.15, 0.2) is 0 Å². The molecule has 0 atom stereocenters. The molecule has 0 aromatic heterocycles. The Kier molecular flexibility index (Phi) is 3.54. The van der Waals surface area contributed by atoms with Crippen molar-refractivity contribution >= 4 is 0 Å². The minimum absolute atomic E-state index is 0.115. The van der Waals surface area contributed by atoms with Crippen LogP contribution in [0.15, 0.2) is 30.3 Å². The highest BCUT2D eigenvalue weighted by atomic mass is 19.4. The fourth-order valence-electron chi connectivity index (χ4n) is 2.08. The van der Waals surface area contributed by atoms with Crippen molar-refractivity contribution in [2.24, 2.45) is 0 Å². The fourth-order valence-corrected chi connectivity index (χ4v) is 2.08. The zero-order valence-corrected chi connectivity index (χ0v) is 10.8. The molecule has 0 N–H and O–H groups in total. The Balaban J connectivity index is 2.76. The summed E-state index contributed by atoms with van der Waals surface area (Å²) in [6.45, 7) is 2.71. The van der Waals surface area contributed by atoms with Gasteiger partial charge in [0.1, 0.15) is 11.6 Å². The molecule has 0 unspecified atom stereocenters. The van der Waals surface area contributed by atoms with Crippen molar-refractivity contribution in [3.63, 3.8) is 0 Å². The Hall–Kier alpha value is -1.91. The molecular weight excluding hydrogens is 275 g/mol. The maximum atomic E-state index is 13.6. The van der Waals surface area contributed by atoms with Gasteiger partial charge in [0.05, 0.1) is 5.56 Å². The molecule has 0 aliphatic heterocycles. The molecule has 2 aromatic rings. The molecule has 106 valence electrons. The summed E-state index contributed by atoms with van der Waals surface area (Å²) in [6, 6.07) is 5.49. The molecule has 2 rings (SSSR count). The van der Waals surface area contributed by atoms with Gasteiger partial charge in [0.2, 0.25) is 0 Å². The Bertz CT molecular complexity index is 633. The van der Waals surface area contributed by atoms with Crippen LogP contribution in [0.4, 0.5) is 22.0 Å². The van der Waals surface area contributed by atoms with Crippen LogP contribution in [0.25, 0.3) is 11.1 Å². The van der Waals surface area contributed by atoms with Gasteiger partial charge in [-0.3, -0.25) is 0 Å². The normalized spacial score (nSPS) is 11.8. The summed E-state index contributed by atoms with van der Waals surface area (Å²) in [5, 5.41) is 0. The molecule has 0 radical (unpaired) electrons. The van der Waals surface area contributed by atoms with E-state index in [9.17, 15) is 22.0 Å². The first-order valence-corrected chi connectivity index (χ1v) is 5.84. The Morgan fingerprint density at radius 2 is 1.45 bits per heavy atom. The molecular formula is C15H11F5. The van der Waals surface area contributed by atoms with Gasteiger partial charge in [-0.15, -0.1) is 0 Å². The van der Waals surface area contributed by atoms with Crippen molar-refractivity contribution in [2.75, 3.05) is 0 Å². The number of alkyl halides is 3. The second-order valence-corrected chi connectivity index (χ2v) is 4.56. The molecule has 0 bridgehead atoms. The Labute approximate surface area is 112 Å². The maximum Gasteiger partial charge on any atom is 0.417 e. The van der Waals surface area contributed by atoms with E-state index in [0.717, 1.165) is 18.2 Å². The second-order valence-electron chi connectivity index (χ2n) is 4.56. The quantitative estimate of drug-likeness (QED) is 0.627. The summed E-state index contributed by atoms with van der Waals surface area (Å²) in [5.41, 5.74) is -1.12. The van der Waals surface area contributed by atoms with E-state index in [-0.39, 0.29) is 16.7 Å². The van der Waals surface area contributed by atoms with Crippen LogP contribution < -0.4 is 0 Å². The molecule has 0 aliphatic rings. The first-order valence-electron chi connectivity index (χ1n) is 5.84. The van der Waals surface area contributed by atoms with Crippen molar-refractivity contribution in [3.8, 4) is 11.1 Å². The summed E-state index contributed by atoms with van der Waals surface area (Å²) >= 11 is 0. The average Bonchev–Trinajstić information content (AvgIpc) is 2.34. The maximum absolute atomic E-state index is 13.6. The lowest BCUT2D eigenvalue weighted by Crippen LogP contribution is -2.08. The Morgan fingerprint density at radius 3 is 1.95 bits per heavy atom. The third-order valence-corrected chi connectivity index (χ3v) is 3.15. The lowest BCUT2D eigenvalue weighted by molar-refractivity contribution is -0.137. The molecule has 0 saturated heterocycles. The molecule has 5 heteroatoms. The third kappa shape index (κ3) is 2.53. The van der Waals surface area contributed by atoms with Crippen molar-refractivity contribution in [1.29, 1.82) is 0 Å². The number of benzene rings is 2. The van der Waals surface area contributed by atoms with E-state index in [2.05, 4.69) is 0 Å². The monoisotopic (exact) mass is 286 g/mol. The van der Waals surface area contributed by atoms with Crippen molar-refractivity contribution < 1.29 is 22.0 Å². The SMILES string of the molecule is Cc1cccc(C(F)(F)F)c1-c1cc(F)c(C)c(F)c1. The van der Waals surface area contributed by atoms with Gasteiger partial charge in [-0.05, 0) is 48.7 Å². The number of halogens is 5. The van der Waals surface area contributed by atoms with Gasteiger partial charge < -0.3 is 0 Å². The van der Waals surface area contributed by atoms with E-state index in [1.165, 1.54) is 26.0 Å². The topological polar surface area (TPSA) is 0 Å². The van der Waals surface area contributed by atoms with E-state index in [1.807, 2.05) is 0 Å². The van der Waals surface area contributed by atoms with Gasteiger partial charge in [0, 0.05) is 5.56 Å². The first-order chi connectivity index (χ1) is 9.21. The molecule has 0 nitrogen and oxygen atoms in total. The van der Waals surface area contributed by atoms with Crippen LogP contribution in [-0.2, 0) is 6.18 Å². The minimum atomic E-state index is -4.58. The van der Waals surface area contributed by atoms with E-state index in [4.69, 9.17) is 0 Å². The fraction of sp³-hybridized carbons (Fsp3) is 0.200. The summed E-state index contributed by atoms with van der Waals surface area (Å²) < 4.78 is 66.1. The van der Waals surface area contributed by atoms with E-state index >= 15 is 0 Å². The molecule has 0 amide bonds. The minimum Gasteiger partial charge on any atom is -0.207 e. The molecule has 0 spiro atoms. The van der Waals surface area contributed by atoms with Crippen LogP contribution in [0.2, 0.25) is 0 Å². The molecule has 20 heavy (non-hydrogen) atoms. The number of aryl methyl sites for hydroxylation is 1. The summed E-state index contributed by atoms with van der Waals surface area (Å²) in [4.78, 5) is 0. The Morgan fingerprint density at radius 1 is 0.900 bits per heavy atom. The van der Waals surface area contributed by atoms with Gasteiger partial charge >= 0.3 is 6.18 Å². The van der Waals surface area contributed by atoms with Gasteiger partial charge in [0.25, 0.3) is 0 Å². The predicted octanol–water partition coefficient (Wildman–Crippen LogP) is 5.27. The zero-order valence-electron chi connectivity index (χ0n) is 10.8. The van der Waals surface area contributed by atoms with E-state index in [0.29, 0.717) is 5.56 Å². The molecule has 2 aromatic carbocycles. The van der Waals surface area contributed by atoms with E-state index < -0.39 is 23.4 Å². The largest absolute Gasteiger partial charge is 0.417 e. The van der Waals surface area contributed by atoms with Crippen LogP contribution in [-0.4, -0.2) is 0 Å². The molecule has 0 saturated carbocycles. The molecule has 0 aliphatic carbocycles. The third-order valence-electron chi connectivity index (χ3n) is 3.15. The number of hydrogen-bond acceptors (Lipinski definition) is 0. The van der Waals surface area contributed by atoms with Gasteiger partial charge in [-0.1, -0.05) is 12.1 Å². The highest BCUT2D eigenvalue weighted by Gasteiger charge is 2.34. The highest BCUT2D eigenvalue weighted by molar-refractivity contribution is 5.72. The molecule has 0 heterocycles. The second kappa shape index (κ2) is 4.89. The lowest BCUT2D eigenvalue weighted by atomic mass is 9.94. The summed E-state index contributed by atoms with van der Waals surface area (Å²) in [6.07, 6.45) is -4.58. The molecule has 0 fully saturated rings. The average molecular weight is 286 g/mol. The van der Waals surface area contributed by atoms with Crippen LogP contribution >= 0.6 is 0 Å². The first kappa shape index (κ1) is 14.5. The van der Waals surface area contributed by atoms with Crippen LogP contribution in [0.1, 0.15) is 16.7 Å². The van der Waals surface area contributed by atoms with Crippen molar-refractivity contribution in [2.45, 2.75) is 20.0 Å². The van der Waals surface area contributed by atoms with Crippen molar-refractivity contribution in [1.82, 2.24) is 0 Å². The lowest BCUT2D eigenvalue weighted by Gasteiger charge is -2.16. The van der Waals surface area contributed by atoms with Crippen LogP contribution in [0, 0.1) is 25.5 Å². The van der Waals surface area contributed by atoms with Crippen LogP contribution in [0.3, 0.4) is 0 Å². The standard InChI is InChI=1S/C15H11F5/c1-8-4-3-5-11(15(18,19)20)14(8)10-6-12(16)9(2)13(17)7-10/h3-7H,1-2H3. The van der Waals surface area contributed by atoms with Gasteiger partial charge in [-0.25, -0.2) is 8.78 Å². The van der Waals surface area contributed by atoms with Crippen molar-refractivity contribution in [3.05, 3.63) is 58.7 Å². The predicted molar refractivity (Wildman–Crippen MR) is 66.3 cm³/mol.